The molecule has 0 heterocycles. The van der Waals surface area contributed by atoms with Gasteiger partial charge in [-0.2, -0.15) is 0 Å². The number of carbonyl (C=O) groups excluding carboxylic acids is 4. The molecule has 0 aromatic carbocycles. The Morgan fingerprint density at radius 1 is 0.262 bits per heavy atom. The van der Waals surface area contributed by atoms with Crippen molar-refractivity contribution in [2.24, 2.45) is 23.7 Å². The van der Waals surface area contributed by atoms with Crippen LogP contribution in [0.5, 0.6) is 0 Å². The standard InChI is InChI=1S/C88H172O17P2/c1-9-81(8)67-59-51-43-35-29-23-19-20-26-32-38-46-55-63-71-87(92)104-83(74-98-85(90)68-60-52-44-36-30-24-18-14-16-22-28-34-41-49-57-65-79(4)5)76-102-106(94,95)100-72-82(89)73-101-107(96,97)103-77-84(75-99-86(91)69-61-53-47-39-42-50-58-66-80(6)7)105-88(93)70-62-54-45-37-31-25-17-13-11-10-12-15-21-27-33-40-48-56-64-78(2)3/h78-84,89H,9-77H2,1-8H3,(H,94,95)(H,96,97)/t81?,82?,83-,84-/m1/s1. The summed E-state index contributed by atoms with van der Waals surface area (Å²) >= 11 is 0. The summed E-state index contributed by atoms with van der Waals surface area (Å²) in [4.78, 5) is 73.3. The molecule has 0 aliphatic heterocycles. The third-order valence-electron chi connectivity index (χ3n) is 20.9. The van der Waals surface area contributed by atoms with Crippen molar-refractivity contribution >= 4 is 39.5 Å². The molecule has 0 aromatic heterocycles. The Balaban J connectivity index is 5.22. The number of ether oxygens (including phenoxy) is 4. The number of phosphoric acid groups is 2. The summed E-state index contributed by atoms with van der Waals surface area (Å²) in [5, 5.41) is 10.7. The van der Waals surface area contributed by atoms with E-state index < -0.39 is 97.5 Å². The minimum Gasteiger partial charge on any atom is -0.462 e. The summed E-state index contributed by atoms with van der Waals surface area (Å²) in [6.07, 6.45) is 66.7. The van der Waals surface area contributed by atoms with Crippen LogP contribution in [0.4, 0.5) is 0 Å². The molecule has 0 radical (unpaired) electrons. The van der Waals surface area contributed by atoms with Crippen LogP contribution in [0.25, 0.3) is 0 Å². The molecule has 6 atom stereocenters. The number of phosphoric ester groups is 2. The molecule has 17 nitrogen and oxygen atoms in total. The van der Waals surface area contributed by atoms with Gasteiger partial charge in [-0.3, -0.25) is 37.3 Å². The van der Waals surface area contributed by atoms with Crippen LogP contribution >= 0.6 is 15.6 Å². The monoisotopic (exact) mass is 1560 g/mol. The minimum absolute atomic E-state index is 0.107. The van der Waals surface area contributed by atoms with Crippen molar-refractivity contribution in [2.75, 3.05) is 39.6 Å². The molecule has 0 fully saturated rings. The molecule has 19 heteroatoms. The quantitative estimate of drug-likeness (QED) is 0.0222. The van der Waals surface area contributed by atoms with Gasteiger partial charge < -0.3 is 33.8 Å². The second-order valence-electron chi connectivity index (χ2n) is 33.3. The highest BCUT2D eigenvalue weighted by Crippen LogP contribution is 2.45. The number of aliphatic hydroxyl groups excluding tert-OH is 1. The molecule has 0 aliphatic rings. The Bertz CT molecular complexity index is 2080. The average Bonchev–Trinajstić information content (AvgIpc) is 0.908. The van der Waals surface area contributed by atoms with Gasteiger partial charge in [-0.25, -0.2) is 9.13 Å². The number of aliphatic hydroxyl groups is 1. The summed E-state index contributed by atoms with van der Waals surface area (Å²) in [5.74, 6) is 1.07. The second kappa shape index (κ2) is 76.7. The average molecular weight is 1560 g/mol. The van der Waals surface area contributed by atoms with E-state index >= 15 is 0 Å². The molecule has 0 spiro atoms. The van der Waals surface area contributed by atoms with Crippen molar-refractivity contribution in [1.82, 2.24) is 0 Å². The zero-order chi connectivity index (χ0) is 78.8. The fourth-order valence-electron chi connectivity index (χ4n) is 13.6. The topological polar surface area (TPSA) is 237 Å². The number of unbranched alkanes of at least 4 members (excludes halogenated alkanes) is 50. The van der Waals surface area contributed by atoms with Gasteiger partial charge in [0.25, 0.3) is 0 Å². The van der Waals surface area contributed by atoms with E-state index in [9.17, 15) is 43.2 Å². The number of hydrogen-bond donors (Lipinski definition) is 3. The first-order valence-corrected chi connectivity index (χ1v) is 48.2. The van der Waals surface area contributed by atoms with Crippen LogP contribution in [-0.2, 0) is 65.4 Å². The first-order valence-electron chi connectivity index (χ1n) is 45.2. The summed E-state index contributed by atoms with van der Waals surface area (Å²) in [7, 11) is -9.93. The van der Waals surface area contributed by atoms with E-state index in [-0.39, 0.29) is 25.7 Å². The lowest BCUT2D eigenvalue weighted by atomic mass is 9.99. The first-order chi connectivity index (χ1) is 51.6. The fraction of sp³-hybridized carbons (Fsp3) is 0.955. The van der Waals surface area contributed by atoms with Crippen molar-refractivity contribution < 1.29 is 80.2 Å². The van der Waals surface area contributed by atoms with Crippen molar-refractivity contribution in [3.63, 3.8) is 0 Å². The summed E-state index contributed by atoms with van der Waals surface area (Å²) < 4.78 is 68.9. The summed E-state index contributed by atoms with van der Waals surface area (Å²) in [5.41, 5.74) is 0. The molecule has 0 aliphatic carbocycles. The van der Waals surface area contributed by atoms with Crippen molar-refractivity contribution in [1.29, 1.82) is 0 Å². The molecule has 0 saturated heterocycles. The lowest BCUT2D eigenvalue weighted by Crippen LogP contribution is -2.30. The molecule has 0 aromatic rings. The van der Waals surface area contributed by atoms with Crippen LogP contribution in [0.15, 0.2) is 0 Å². The van der Waals surface area contributed by atoms with Crippen molar-refractivity contribution in [2.45, 2.75) is 478 Å². The van der Waals surface area contributed by atoms with Crippen LogP contribution in [0.2, 0.25) is 0 Å². The molecule has 107 heavy (non-hydrogen) atoms. The van der Waals surface area contributed by atoms with Gasteiger partial charge in [0.2, 0.25) is 0 Å². The van der Waals surface area contributed by atoms with Crippen LogP contribution in [-0.4, -0.2) is 96.7 Å². The fourth-order valence-corrected chi connectivity index (χ4v) is 15.2. The molecule has 0 rings (SSSR count). The molecule has 0 saturated carbocycles. The molecule has 0 bridgehead atoms. The SMILES string of the molecule is CCC(C)CCCCCCCCCCCCCCCCC(=O)O[C@H](COC(=O)CCCCCCCCCCCCCCCCCC(C)C)COP(=O)(O)OCC(O)COP(=O)(O)OC[C@@H](COC(=O)CCCCCCCCCC(C)C)OC(=O)CCCCCCCCCCCCCCCCCCCCC(C)C. The first kappa shape index (κ1) is 105. The highest BCUT2D eigenvalue weighted by atomic mass is 31.2. The maximum Gasteiger partial charge on any atom is 0.472 e. The summed E-state index contributed by atoms with van der Waals surface area (Å²) in [6, 6.07) is 0. The number of rotatable bonds is 85. The van der Waals surface area contributed by atoms with E-state index in [2.05, 4.69) is 55.4 Å². The lowest BCUT2D eigenvalue weighted by molar-refractivity contribution is -0.161. The highest BCUT2D eigenvalue weighted by molar-refractivity contribution is 7.47. The van der Waals surface area contributed by atoms with Crippen molar-refractivity contribution in [3.8, 4) is 0 Å². The second-order valence-corrected chi connectivity index (χ2v) is 36.2. The number of carbonyl (C=O) groups is 4. The zero-order valence-corrected chi connectivity index (χ0v) is 72.6. The minimum atomic E-state index is -4.97. The predicted molar refractivity (Wildman–Crippen MR) is 441 cm³/mol. The molecular formula is C88H172O17P2. The van der Waals surface area contributed by atoms with Gasteiger partial charge in [0, 0.05) is 25.7 Å². The normalized spacial score (nSPS) is 14.1. The summed E-state index contributed by atoms with van der Waals surface area (Å²) in [6.45, 7) is 14.4. The third kappa shape index (κ3) is 80.5. The zero-order valence-electron chi connectivity index (χ0n) is 70.8. The highest BCUT2D eigenvalue weighted by Gasteiger charge is 2.31. The Hall–Kier alpha value is -1.94. The van der Waals surface area contributed by atoms with Crippen LogP contribution in [0.1, 0.15) is 460 Å². The van der Waals surface area contributed by atoms with Crippen LogP contribution < -0.4 is 0 Å². The third-order valence-corrected chi connectivity index (χ3v) is 22.8. The van der Waals surface area contributed by atoms with E-state index in [1.54, 1.807) is 0 Å². The maximum atomic E-state index is 13.2. The van der Waals surface area contributed by atoms with Gasteiger partial charge in [0.15, 0.2) is 12.2 Å². The largest absolute Gasteiger partial charge is 0.472 e. The van der Waals surface area contributed by atoms with Gasteiger partial charge in [0.1, 0.15) is 19.3 Å². The van der Waals surface area contributed by atoms with Gasteiger partial charge >= 0.3 is 39.5 Å². The molecular weight excluding hydrogens is 1390 g/mol. The van der Waals surface area contributed by atoms with Gasteiger partial charge in [-0.1, -0.05) is 409 Å². The molecule has 0 amide bonds. The van der Waals surface area contributed by atoms with Crippen LogP contribution in [0.3, 0.4) is 0 Å². The maximum absolute atomic E-state index is 13.2. The van der Waals surface area contributed by atoms with Gasteiger partial charge in [-0.05, 0) is 49.4 Å². The van der Waals surface area contributed by atoms with E-state index in [4.69, 9.17) is 37.0 Å². The van der Waals surface area contributed by atoms with Crippen LogP contribution in [0, 0.1) is 23.7 Å². The smallest absolute Gasteiger partial charge is 0.462 e. The Morgan fingerprint density at radius 2 is 0.449 bits per heavy atom. The van der Waals surface area contributed by atoms with E-state index in [1.165, 1.54) is 257 Å². The van der Waals surface area contributed by atoms with Gasteiger partial charge in [-0.15, -0.1) is 0 Å². The molecule has 4 unspecified atom stereocenters. The van der Waals surface area contributed by atoms with E-state index in [0.717, 1.165) is 114 Å². The molecule has 636 valence electrons. The molecule has 3 N–H and O–H groups in total. The van der Waals surface area contributed by atoms with Crippen molar-refractivity contribution in [3.05, 3.63) is 0 Å². The van der Waals surface area contributed by atoms with E-state index in [1.807, 2.05) is 0 Å². The Labute approximate surface area is 658 Å². The Kier molecular flexibility index (Phi) is 75.3. The Morgan fingerprint density at radius 3 is 0.664 bits per heavy atom. The van der Waals surface area contributed by atoms with Gasteiger partial charge in [0.05, 0.1) is 26.4 Å². The predicted octanol–water partition coefficient (Wildman–Crippen LogP) is 26.7. The van der Waals surface area contributed by atoms with E-state index in [0.29, 0.717) is 31.6 Å². The number of hydrogen-bond acceptors (Lipinski definition) is 15. The number of esters is 4. The lowest BCUT2D eigenvalue weighted by Gasteiger charge is -2.21.